The summed E-state index contributed by atoms with van der Waals surface area (Å²) in [4.78, 5) is 28.5. The second kappa shape index (κ2) is 10.4. The number of hydrogen-bond donors (Lipinski definition) is 1. The molecule has 0 saturated heterocycles. The van der Waals surface area contributed by atoms with Crippen LogP contribution >= 0.6 is 12.2 Å². The van der Waals surface area contributed by atoms with Crippen LogP contribution in [0.25, 0.3) is 0 Å². The fourth-order valence-electron chi connectivity index (χ4n) is 3.25. The Morgan fingerprint density at radius 2 is 1.86 bits per heavy atom. The van der Waals surface area contributed by atoms with E-state index in [-0.39, 0.29) is 12.6 Å². The van der Waals surface area contributed by atoms with Gasteiger partial charge in [0.05, 0.1) is 30.9 Å². The molecule has 1 aliphatic rings. The summed E-state index contributed by atoms with van der Waals surface area (Å²) in [6.45, 7) is 5.58. The molecule has 0 spiro atoms. The molecule has 0 radical (unpaired) electrons. The first-order chi connectivity index (χ1) is 13.8. The van der Waals surface area contributed by atoms with Gasteiger partial charge in [0, 0.05) is 12.2 Å². The van der Waals surface area contributed by atoms with E-state index in [1.54, 1.807) is 31.2 Å². The summed E-state index contributed by atoms with van der Waals surface area (Å²) >= 11 is 5.59. The Morgan fingerprint density at radius 1 is 1.21 bits per heavy atom. The maximum Gasteiger partial charge on any atom is 0.338 e. The number of nitrogens with one attached hydrogen (secondary N) is 1. The molecule has 0 unspecified atom stereocenters. The van der Waals surface area contributed by atoms with Gasteiger partial charge in [-0.2, -0.15) is 0 Å². The van der Waals surface area contributed by atoms with Crippen molar-refractivity contribution in [2.24, 2.45) is 0 Å². The third-order valence-corrected chi connectivity index (χ3v) is 5.08. The van der Waals surface area contributed by atoms with Crippen molar-refractivity contribution in [3.63, 3.8) is 0 Å². The van der Waals surface area contributed by atoms with Gasteiger partial charge < -0.3 is 24.6 Å². The van der Waals surface area contributed by atoms with Gasteiger partial charge in [-0.05, 0) is 70.8 Å². The molecule has 0 aliphatic carbocycles. The zero-order valence-electron chi connectivity index (χ0n) is 17.7. The lowest BCUT2D eigenvalue weighted by Gasteiger charge is -2.37. The van der Waals surface area contributed by atoms with Gasteiger partial charge in [0.2, 0.25) is 0 Å². The number of rotatable bonds is 8. The molecule has 158 valence electrons. The highest BCUT2D eigenvalue weighted by molar-refractivity contribution is 7.80. The smallest absolute Gasteiger partial charge is 0.338 e. The van der Waals surface area contributed by atoms with Gasteiger partial charge in [-0.15, -0.1) is 0 Å². The molecule has 1 aromatic carbocycles. The number of nitrogens with zero attached hydrogens (tertiary/aromatic N) is 2. The minimum absolute atomic E-state index is 0.286. The highest BCUT2D eigenvalue weighted by Crippen LogP contribution is 2.31. The van der Waals surface area contributed by atoms with Crippen molar-refractivity contribution >= 4 is 29.3 Å². The topological polar surface area (TPSA) is 71.1 Å². The van der Waals surface area contributed by atoms with Crippen molar-refractivity contribution in [3.8, 4) is 0 Å². The predicted octanol–water partition coefficient (Wildman–Crippen LogP) is 2.49. The van der Waals surface area contributed by atoms with Gasteiger partial charge in [-0.1, -0.05) is 12.1 Å². The Labute approximate surface area is 177 Å². The van der Waals surface area contributed by atoms with Crippen LogP contribution in [0, 0.1) is 0 Å². The maximum absolute atomic E-state index is 12.8. The lowest BCUT2D eigenvalue weighted by atomic mass is 9.94. The molecular formula is C21H29N3O4S. The van der Waals surface area contributed by atoms with Crippen LogP contribution in [-0.4, -0.2) is 67.8 Å². The molecule has 2 rings (SSSR count). The maximum atomic E-state index is 12.8. The normalized spacial score (nSPS) is 16.7. The third-order valence-electron chi connectivity index (χ3n) is 4.74. The van der Waals surface area contributed by atoms with E-state index in [1.165, 1.54) is 7.11 Å². The average molecular weight is 420 g/mol. The summed E-state index contributed by atoms with van der Waals surface area (Å²) in [5.74, 6) is -0.785. The Bertz CT molecular complexity index is 790. The van der Waals surface area contributed by atoms with Crippen molar-refractivity contribution in [2.75, 3.05) is 40.9 Å². The SMILES string of the molecule is CCOC(=O)C1=C(C)N(CCCN(C)C)C(=S)N[C@H]1c1ccc(C(=O)OC)cc1. The van der Waals surface area contributed by atoms with Crippen LogP contribution in [-0.2, 0) is 14.3 Å². The number of allylic oxidation sites excluding steroid dienone is 1. The molecule has 0 amide bonds. The number of carbonyl (C=O) groups is 2. The first-order valence-corrected chi connectivity index (χ1v) is 9.99. The molecule has 1 N–H and O–H groups in total. The van der Waals surface area contributed by atoms with Crippen molar-refractivity contribution in [1.29, 1.82) is 0 Å². The van der Waals surface area contributed by atoms with Gasteiger partial charge >= 0.3 is 11.9 Å². The van der Waals surface area contributed by atoms with E-state index < -0.39 is 12.0 Å². The van der Waals surface area contributed by atoms with Gasteiger partial charge in [-0.25, -0.2) is 9.59 Å². The minimum Gasteiger partial charge on any atom is -0.465 e. The Morgan fingerprint density at radius 3 is 2.41 bits per heavy atom. The number of methoxy groups -OCH3 is 1. The first kappa shape index (κ1) is 22.8. The lowest BCUT2D eigenvalue weighted by Crippen LogP contribution is -2.48. The van der Waals surface area contributed by atoms with Crippen molar-refractivity contribution in [1.82, 2.24) is 15.1 Å². The van der Waals surface area contributed by atoms with E-state index in [2.05, 4.69) is 10.2 Å². The summed E-state index contributed by atoms with van der Waals surface area (Å²) in [5, 5.41) is 3.84. The molecule has 0 aromatic heterocycles. The van der Waals surface area contributed by atoms with Gasteiger partial charge in [0.25, 0.3) is 0 Å². The molecule has 0 bridgehead atoms. The molecule has 29 heavy (non-hydrogen) atoms. The van der Waals surface area contributed by atoms with E-state index in [0.717, 1.165) is 24.2 Å². The number of thiocarbonyl (C=S) groups is 1. The number of esters is 2. The Kier molecular flexibility index (Phi) is 8.16. The fourth-order valence-corrected chi connectivity index (χ4v) is 3.59. The second-order valence-electron chi connectivity index (χ2n) is 7.02. The van der Waals surface area contributed by atoms with Crippen molar-refractivity contribution in [3.05, 3.63) is 46.7 Å². The van der Waals surface area contributed by atoms with Crippen LogP contribution in [0.4, 0.5) is 0 Å². The molecule has 1 atom stereocenters. The molecule has 0 fully saturated rings. The lowest BCUT2D eigenvalue weighted by molar-refractivity contribution is -0.139. The van der Waals surface area contributed by atoms with Crippen molar-refractivity contribution in [2.45, 2.75) is 26.3 Å². The van der Waals surface area contributed by atoms with E-state index in [4.69, 9.17) is 21.7 Å². The van der Waals surface area contributed by atoms with Gasteiger partial charge in [-0.3, -0.25) is 0 Å². The highest BCUT2D eigenvalue weighted by atomic mass is 32.1. The molecule has 8 heteroatoms. The van der Waals surface area contributed by atoms with E-state index in [0.29, 0.717) is 22.8 Å². The number of hydrogen-bond acceptors (Lipinski definition) is 6. The Hall–Kier alpha value is -2.45. The second-order valence-corrected chi connectivity index (χ2v) is 7.41. The standard InChI is InChI=1S/C21H29N3O4S/c1-6-28-20(26)17-14(2)24(13-7-12-23(3)4)21(29)22-18(17)15-8-10-16(11-9-15)19(25)27-5/h8-11,18H,6-7,12-13H2,1-5H3,(H,22,29)/t18-/m0/s1. The zero-order valence-corrected chi connectivity index (χ0v) is 18.5. The van der Waals surface area contributed by atoms with Crippen LogP contribution < -0.4 is 5.32 Å². The summed E-state index contributed by atoms with van der Waals surface area (Å²) in [5.41, 5.74) is 2.57. The van der Waals surface area contributed by atoms with E-state index in [1.807, 2.05) is 25.9 Å². The summed E-state index contributed by atoms with van der Waals surface area (Å²) < 4.78 is 10.1. The van der Waals surface area contributed by atoms with Crippen LogP contribution in [0.3, 0.4) is 0 Å². The van der Waals surface area contributed by atoms with Crippen molar-refractivity contribution < 1.29 is 19.1 Å². The molecule has 1 aliphatic heterocycles. The monoisotopic (exact) mass is 419 g/mol. The predicted molar refractivity (Wildman–Crippen MR) is 115 cm³/mol. The molecular weight excluding hydrogens is 390 g/mol. The Balaban J connectivity index is 2.38. The van der Waals surface area contributed by atoms with Crippen LogP contribution in [0.5, 0.6) is 0 Å². The number of benzene rings is 1. The fraction of sp³-hybridized carbons (Fsp3) is 0.476. The quantitative estimate of drug-likeness (QED) is 0.509. The van der Waals surface area contributed by atoms with Crippen LogP contribution in [0.2, 0.25) is 0 Å². The first-order valence-electron chi connectivity index (χ1n) is 9.59. The minimum atomic E-state index is -0.446. The summed E-state index contributed by atoms with van der Waals surface area (Å²) in [6, 6.07) is 6.49. The molecule has 0 saturated carbocycles. The van der Waals surface area contributed by atoms with Crippen LogP contribution in [0.1, 0.15) is 42.2 Å². The van der Waals surface area contributed by atoms with E-state index in [9.17, 15) is 9.59 Å². The molecule has 7 nitrogen and oxygen atoms in total. The average Bonchev–Trinajstić information content (AvgIpc) is 2.69. The zero-order chi connectivity index (χ0) is 21.6. The summed E-state index contributed by atoms with van der Waals surface area (Å²) in [6.07, 6.45) is 0.904. The highest BCUT2D eigenvalue weighted by Gasteiger charge is 2.34. The number of ether oxygens (including phenoxy) is 2. The largest absolute Gasteiger partial charge is 0.465 e. The van der Waals surface area contributed by atoms with Gasteiger partial charge in [0.1, 0.15) is 0 Å². The third kappa shape index (κ3) is 5.55. The molecule has 1 aromatic rings. The van der Waals surface area contributed by atoms with Gasteiger partial charge in [0.15, 0.2) is 5.11 Å². The van der Waals surface area contributed by atoms with Crippen LogP contribution in [0.15, 0.2) is 35.5 Å². The molecule has 1 heterocycles. The number of carbonyl (C=O) groups excluding carboxylic acids is 2. The summed E-state index contributed by atoms with van der Waals surface area (Å²) in [7, 11) is 5.38. The van der Waals surface area contributed by atoms with E-state index >= 15 is 0 Å².